The van der Waals surface area contributed by atoms with Crippen molar-refractivity contribution in [3.8, 4) is 5.75 Å². The lowest BCUT2D eigenvalue weighted by Crippen LogP contribution is -2.57. The standard InChI is InChI=1S/C28H23F3N2O5/c29-28(30,31)38-20-13-7-12-19(14-20)23-21-22(25(35)33(24(21)34)16-18-10-5-2-6-11-18)27(32-23,26(36)37)15-17-8-3-1-4-9-17/h1-14,21-23,32H,15-16H2,(H,36,37). The van der Waals surface area contributed by atoms with Crippen molar-refractivity contribution < 1.29 is 37.4 Å². The van der Waals surface area contributed by atoms with Gasteiger partial charge in [0.1, 0.15) is 11.3 Å². The highest BCUT2D eigenvalue weighted by atomic mass is 19.4. The molecule has 0 radical (unpaired) electrons. The lowest BCUT2D eigenvalue weighted by Gasteiger charge is -2.31. The number of rotatable bonds is 7. The molecule has 4 unspecified atom stereocenters. The number of imide groups is 1. The van der Waals surface area contributed by atoms with Crippen molar-refractivity contribution in [2.75, 3.05) is 0 Å². The second-order valence-electron chi connectivity index (χ2n) is 9.43. The monoisotopic (exact) mass is 524 g/mol. The third-order valence-electron chi connectivity index (χ3n) is 7.09. The summed E-state index contributed by atoms with van der Waals surface area (Å²) in [6.45, 7) is -0.0452. The van der Waals surface area contributed by atoms with E-state index in [0.29, 0.717) is 11.1 Å². The van der Waals surface area contributed by atoms with Gasteiger partial charge >= 0.3 is 12.3 Å². The zero-order valence-electron chi connectivity index (χ0n) is 19.9. The molecule has 2 heterocycles. The molecule has 3 aromatic carbocycles. The fraction of sp³-hybridized carbons (Fsp3) is 0.250. The van der Waals surface area contributed by atoms with E-state index < -0.39 is 53.3 Å². The van der Waals surface area contributed by atoms with Crippen LogP contribution >= 0.6 is 0 Å². The number of carbonyl (C=O) groups is 3. The van der Waals surface area contributed by atoms with E-state index in [-0.39, 0.29) is 18.5 Å². The molecular weight excluding hydrogens is 501 g/mol. The first-order valence-electron chi connectivity index (χ1n) is 11.9. The number of ether oxygens (including phenoxy) is 1. The van der Waals surface area contributed by atoms with Gasteiger partial charge in [0.2, 0.25) is 11.8 Å². The second-order valence-corrected chi connectivity index (χ2v) is 9.43. The van der Waals surface area contributed by atoms with E-state index in [1.165, 1.54) is 12.1 Å². The lowest BCUT2D eigenvalue weighted by molar-refractivity contribution is -0.274. The van der Waals surface area contributed by atoms with E-state index in [2.05, 4.69) is 10.1 Å². The Kier molecular flexibility index (Phi) is 6.44. The van der Waals surface area contributed by atoms with E-state index in [4.69, 9.17) is 0 Å². The highest BCUT2D eigenvalue weighted by molar-refractivity contribution is 6.09. The average molecular weight is 524 g/mol. The van der Waals surface area contributed by atoms with Gasteiger partial charge in [-0.3, -0.25) is 24.6 Å². The average Bonchev–Trinajstić information content (AvgIpc) is 3.34. The van der Waals surface area contributed by atoms with Crippen molar-refractivity contribution in [2.24, 2.45) is 11.8 Å². The van der Waals surface area contributed by atoms with Crippen LogP contribution < -0.4 is 10.1 Å². The topological polar surface area (TPSA) is 95.9 Å². The Hall–Kier alpha value is -4.18. The SMILES string of the molecule is O=C1C2C(c3cccc(OC(F)(F)F)c3)NC(Cc3ccccc3)(C(=O)O)C2C(=O)N1Cc1ccccc1. The maximum atomic E-state index is 13.8. The molecular formula is C28H23F3N2O5. The molecule has 5 rings (SSSR count). The molecule has 10 heteroatoms. The van der Waals surface area contributed by atoms with Crippen LogP contribution in [0.2, 0.25) is 0 Å². The minimum atomic E-state index is -4.94. The Morgan fingerprint density at radius 1 is 0.921 bits per heavy atom. The highest BCUT2D eigenvalue weighted by Gasteiger charge is 2.68. The Morgan fingerprint density at radius 3 is 2.16 bits per heavy atom. The molecule has 2 saturated heterocycles. The van der Waals surface area contributed by atoms with Crippen LogP contribution in [0.4, 0.5) is 13.2 Å². The number of fused-ring (bicyclic) bond motifs is 1. The summed E-state index contributed by atoms with van der Waals surface area (Å²) in [5.74, 6) is -5.49. The zero-order valence-corrected chi connectivity index (χ0v) is 19.9. The van der Waals surface area contributed by atoms with Gasteiger partial charge in [-0.15, -0.1) is 13.2 Å². The van der Waals surface area contributed by atoms with Crippen LogP contribution in [0.1, 0.15) is 22.7 Å². The van der Waals surface area contributed by atoms with Crippen LogP contribution in [0.5, 0.6) is 5.75 Å². The molecule has 0 aromatic heterocycles. The fourth-order valence-corrected chi connectivity index (χ4v) is 5.53. The molecule has 0 aliphatic carbocycles. The Labute approximate surface area is 215 Å². The molecule has 2 aliphatic heterocycles. The number of carbonyl (C=O) groups excluding carboxylic acids is 2. The molecule has 2 amide bonds. The molecule has 7 nitrogen and oxygen atoms in total. The first kappa shape index (κ1) is 25.5. The van der Waals surface area contributed by atoms with Crippen LogP contribution in [0.25, 0.3) is 0 Å². The number of hydrogen-bond donors (Lipinski definition) is 2. The number of hydrogen-bond acceptors (Lipinski definition) is 5. The van der Waals surface area contributed by atoms with Gasteiger partial charge < -0.3 is 9.84 Å². The van der Waals surface area contributed by atoms with E-state index in [9.17, 15) is 32.7 Å². The van der Waals surface area contributed by atoms with E-state index in [1.807, 2.05) is 0 Å². The number of halogens is 3. The maximum Gasteiger partial charge on any atom is 0.573 e. The van der Waals surface area contributed by atoms with Crippen molar-refractivity contribution >= 4 is 17.8 Å². The van der Waals surface area contributed by atoms with Crippen molar-refractivity contribution in [1.29, 1.82) is 0 Å². The summed E-state index contributed by atoms with van der Waals surface area (Å²) in [6, 6.07) is 21.5. The summed E-state index contributed by atoms with van der Waals surface area (Å²) in [4.78, 5) is 41.4. The molecule has 0 spiro atoms. The van der Waals surface area contributed by atoms with E-state index in [1.54, 1.807) is 60.7 Å². The first-order chi connectivity index (χ1) is 18.1. The Bertz CT molecular complexity index is 1370. The number of aliphatic carboxylic acids is 1. The molecule has 0 bridgehead atoms. The normalized spacial score (nSPS) is 24.9. The minimum absolute atomic E-state index is 0.0452. The summed E-state index contributed by atoms with van der Waals surface area (Å²) in [5.41, 5.74) is -0.364. The van der Waals surface area contributed by atoms with Crippen LogP contribution in [-0.4, -0.2) is 39.7 Å². The van der Waals surface area contributed by atoms with Gasteiger partial charge in [-0.25, -0.2) is 0 Å². The molecule has 2 N–H and O–H groups in total. The van der Waals surface area contributed by atoms with Crippen molar-refractivity contribution in [2.45, 2.75) is 30.9 Å². The Morgan fingerprint density at radius 2 is 1.55 bits per heavy atom. The number of benzene rings is 3. The predicted molar refractivity (Wildman–Crippen MR) is 128 cm³/mol. The molecule has 2 aliphatic rings. The number of carboxylic acids is 1. The number of nitrogens with one attached hydrogen (secondary N) is 1. The maximum absolute atomic E-state index is 13.8. The van der Waals surface area contributed by atoms with Crippen molar-refractivity contribution in [3.05, 3.63) is 102 Å². The smallest absolute Gasteiger partial charge is 0.480 e. The van der Waals surface area contributed by atoms with Gasteiger partial charge in [-0.2, -0.15) is 0 Å². The molecule has 4 atom stereocenters. The summed E-state index contributed by atoms with van der Waals surface area (Å²) in [5, 5.41) is 13.5. The largest absolute Gasteiger partial charge is 0.573 e. The third-order valence-corrected chi connectivity index (χ3v) is 7.09. The summed E-state index contributed by atoms with van der Waals surface area (Å²) >= 11 is 0. The first-order valence-corrected chi connectivity index (χ1v) is 11.9. The zero-order chi connectivity index (χ0) is 27.1. The minimum Gasteiger partial charge on any atom is -0.480 e. The Balaban J connectivity index is 1.59. The van der Waals surface area contributed by atoms with Crippen molar-refractivity contribution in [1.82, 2.24) is 10.2 Å². The molecule has 0 saturated carbocycles. The van der Waals surface area contributed by atoms with Gasteiger partial charge in [0.25, 0.3) is 0 Å². The van der Waals surface area contributed by atoms with E-state index in [0.717, 1.165) is 17.0 Å². The molecule has 3 aromatic rings. The quantitative estimate of drug-likeness (QED) is 0.452. The van der Waals surface area contributed by atoms with Gasteiger partial charge in [-0.1, -0.05) is 72.8 Å². The van der Waals surface area contributed by atoms with Gasteiger partial charge in [0.05, 0.1) is 18.4 Å². The summed E-state index contributed by atoms with van der Waals surface area (Å²) in [6.07, 6.45) is -5.05. The van der Waals surface area contributed by atoms with E-state index >= 15 is 0 Å². The molecule has 196 valence electrons. The van der Waals surface area contributed by atoms with Crippen LogP contribution in [-0.2, 0) is 27.3 Å². The molecule has 38 heavy (non-hydrogen) atoms. The van der Waals surface area contributed by atoms with Crippen LogP contribution in [0, 0.1) is 11.8 Å². The summed E-state index contributed by atoms with van der Waals surface area (Å²) < 4.78 is 42.7. The van der Waals surface area contributed by atoms with Crippen LogP contribution in [0.3, 0.4) is 0 Å². The number of amides is 2. The second kappa shape index (κ2) is 9.60. The number of nitrogens with zero attached hydrogens (tertiary/aromatic N) is 1. The highest BCUT2D eigenvalue weighted by Crippen LogP contribution is 2.50. The van der Waals surface area contributed by atoms with Gasteiger partial charge in [0.15, 0.2) is 0 Å². The lowest BCUT2D eigenvalue weighted by atomic mass is 9.76. The predicted octanol–water partition coefficient (Wildman–Crippen LogP) is 4.10. The fourth-order valence-electron chi connectivity index (χ4n) is 5.53. The van der Waals surface area contributed by atoms with Crippen molar-refractivity contribution in [3.63, 3.8) is 0 Å². The number of likely N-dealkylation sites (tertiary alicyclic amines) is 1. The van der Waals surface area contributed by atoms with Gasteiger partial charge in [-0.05, 0) is 28.8 Å². The van der Waals surface area contributed by atoms with Crippen LogP contribution in [0.15, 0.2) is 84.9 Å². The molecule has 2 fully saturated rings. The summed E-state index contributed by atoms with van der Waals surface area (Å²) in [7, 11) is 0. The number of alkyl halides is 3. The number of carboxylic acid groups (broad SMARTS) is 1. The van der Waals surface area contributed by atoms with Gasteiger partial charge in [0, 0.05) is 12.5 Å². The third kappa shape index (κ3) is 4.63.